The summed E-state index contributed by atoms with van der Waals surface area (Å²) >= 11 is 0. The number of nitrogens with zero attached hydrogens (tertiary/aromatic N) is 2. The van der Waals surface area contributed by atoms with E-state index in [1.165, 1.54) is 24.8 Å². The lowest BCUT2D eigenvalue weighted by Gasteiger charge is -2.38. The molecule has 3 rings (SSSR count). The molecule has 0 aromatic heterocycles. The van der Waals surface area contributed by atoms with Crippen LogP contribution in [0.4, 0.5) is 0 Å². The minimum absolute atomic E-state index is 0.0637. The number of likely N-dealkylation sites (tertiary alicyclic amines) is 1. The van der Waals surface area contributed by atoms with Crippen molar-refractivity contribution in [2.45, 2.75) is 51.4 Å². The van der Waals surface area contributed by atoms with Crippen molar-refractivity contribution < 1.29 is 14.6 Å². The van der Waals surface area contributed by atoms with Gasteiger partial charge in [-0.1, -0.05) is 18.6 Å². The zero-order chi connectivity index (χ0) is 18.4. The molecule has 0 spiro atoms. The van der Waals surface area contributed by atoms with Crippen LogP contribution in [0.15, 0.2) is 24.3 Å². The van der Waals surface area contributed by atoms with E-state index in [2.05, 4.69) is 35.8 Å². The van der Waals surface area contributed by atoms with Crippen LogP contribution < -0.4 is 4.74 Å². The van der Waals surface area contributed by atoms with Gasteiger partial charge in [-0.15, -0.1) is 0 Å². The van der Waals surface area contributed by atoms with Gasteiger partial charge in [-0.05, 0) is 57.5 Å². The third kappa shape index (κ3) is 6.23. The number of benzene rings is 1. The average molecular weight is 363 g/mol. The molecule has 0 radical (unpaired) electrons. The molecule has 0 aliphatic carbocycles. The molecule has 2 fully saturated rings. The summed E-state index contributed by atoms with van der Waals surface area (Å²) in [7, 11) is 0. The van der Waals surface area contributed by atoms with E-state index in [9.17, 15) is 5.11 Å². The highest BCUT2D eigenvalue weighted by Crippen LogP contribution is 2.20. The Morgan fingerprint density at radius 2 is 1.81 bits per heavy atom. The lowest BCUT2D eigenvalue weighted by molar-refractivity contribution is -0.0882. The number of piperidine rings is 1. The topological polar surface area (TPSA) is 45.2 Å². The van der Waals surface area contributed by atoms with Crippen LogP contribution in [-0.2, 0) is 11.3 Å². The van der Waals surface area contributed by atoms with Crippen molar-refractivity contribution in [1.82, 2.24) is 9.80 Å². The molecule has 1 aromatic rings. The number of β-amino-alcohol motifs (C(OH)–C–C–N with tert-alkyl or cyclic N) is 1. The molecule has 2 saturated heterocycles. The lowest BCUT2D eigenvalue weighted by Crippen LogP contribution is -2.47. The van der Waals surface area contributed by atoms with E-state index in [0.29, 0.717) is 13.2 Å². The quantitative estimate of drug-likeness (QED) is 0.808. The Labute approximate surface area is 157 Å². The van der Waals surface area contributed by atoms with Gasteiger partial charge in [0, 0.05) is 26.2 Å². The predicted molar refractivity (Wildman–Crippen MR) is 104 cm³/mol. The van der Waals surface area contributed by atoms with E-state index in [1.807, 2.05) is 12.1 Å². The minimum Gasteiger partial charge on any atom is -0.491 e. The van der Waals surface area contributed by atoms with Crippen molar-refractivity contribution >= 4 is 0 Å². The normalized spacial score (nSPS) is 22.9. The molecule has 5 nitrogen and oxygen atoms in total. The molecule has 1 aromatic carbocycles. The Hall–Kier alpha value is -1.14. The van der Waals surface area contributed by atoms with Gasteiger partial charge in [-0.25, -0.2) is 0 Å². The fraction of sp³-hybridized carbons (Fsp3) is 0.714. The van der Waals surface area contributed by atoms with Crippen molar-refractivity contribution in [2.24, 2.45) is 0 Å². The van der Waals surface area contributed by atoms with Gasteiger partial charge >= 0.3 is 0 Å². The van der Waals surface area contributed by atoms with Crippen LogP contribution in [0.25, 0.3) is 0 Å². The smallest absolute Gasteiger partial charge is 0.119 e. The van der Waals surface area contributed by atoms with E-state index in [4.69, 9.17) is 9.47 Å². The zero-order valence-corrected chi connectivity index (χ0v) is 16.3. The Morgan fingerprint density at radius 1 is 1.08 bits per heavy atom. The fourth-order valence-corrected chi connectivity index (χ4v) is 3.88. The molecule has 1 atom stereocenters. The summed E-state index contributed by atoms with van der Waals surface area (Å²) in [5.74, 6) is 0.828. The van der Waals surface area contributed by atoms with E-state index >= 15 is 0 Å². The summed E-state index contributed by atoms with van der Waals surface area (Å²) in [6, 6.07) is 8.26. The van der Waals surface area contributed by atoms with E-state index in [-0.39, 0.29) is 5.60 Å². The van der Waals surface area contributed by atoms with Crippen LogP contribution >= 0.6 is 0 Å². The second kappa shape index (κ2) is 9.18. The van der Waals surface area contributed by atoms with Gasteiger partial charge in [0.1, 0.15) is 18.5 Å². The van der Waals surface area contributed by atoms with E-state index < -0.39 is 6.10 Å². The predicted octanol–water partition coefficient (Wildman–Crippen LogP) is 2.52. The van der Waals surface area contributed by atoms with Gasteiger partial charge < -0.3 is 19.5 Å². The third-order valence-electron chi connectivity index (χ3n) is 5.19. The molecule has 2 aliphatic heterocycles. The molecule has 0 saturated carbocycles. The fourth-order valence-electron chi connectivity index (χ4n) is 3.88. The van der Waals surface area contributed by atoms with Gasteiger partial charge in [-0.3, -0.25) is 4.90 Å². The standard InChI is InChI=1S/C21H34N2O3/c1-21(2)17-23(12-13-26-21)14-18-6-8-20(9-7-18)25-16-19(24)15-22-10-4-3-5-11-22/h6-9,19,24H,3-5,10-17H2,1-2H3/t19-/m1/s1. The average Bonchev–Trinajstić information content (AvgIpc) is 2.61. The van der Waals surface area contributed by atoms with Gasteiger partial charge in [0.2, 0.25) is 0 Å². The number of ether oxygens (including phenoxy) is 2. The second-order valence-electron chi connectivity index (χ2n) is 8.29. The summed E-state index contributed by atoms with van der Waals surface area (Å²) in [5, 5.41) is 10.2. The van der Waals surface area contributed by atoms with Crippen LogP contribution in [-0.4, -0.2) is 72.5 Å². The van der Waals surface area contributed by atoms with Gasteiger partial charge in [0.05, 0.1) is 12.2 Å². The maximum Gasteiger partial charge on any atom is 0.119 e. The van der Waals surface area contributed by atoms with Gasteiger partial charge in [0.25, 0.3) is 0 Å². The Bertz CT molecular complexity index is 541. The molecule has 2 aliphatic rings. The van der Waals surface area contributed by atoms with Crippen LogP contribution in [0.1, 0.15) is 38.7 Å². The molecule has 2 heterocycles. The number of aliphatic hydroxyl groups is 1. The van der Waals surface area contributed by atoms with Crippen LogP contribution in [0, 0.1) is 0 Å². The third-order valence-corrected chi connectivity index (χ3v) is 5.19. The highest BCUT2D eigenvalue weighted by atomic mass is 16.5. The molecule has 1 N–H and O–H groups in total. The molecular weight excluding hydrogens is 328 g/mol. The minimum atomic E-state index is -0.427. The van der Waals surface area contributed by atoms with Gasteiger partial charge in [-0.2, -0.15) is 0 Å². The van der Waals surface area contributed by atoms with Crippen molar-refractivity contribution in [3.05, 3.63) is 29.8 Å². The van der Waals surface area contributed by atoms with Crippen molar-refractivity contribution in [3.8, 4) is 5.75 Å². The summed E-state index contributed by atoms with van der Waals surface area (Å²) in [6.07, 6.45) is 3.38. The maximum atomic E-state index is 10.2. The first-order chi connectivity index (χ1) is 12.5. The monoisotopic (exact) mass is 362 g/mol. The van der Waals surface area contributed by atoms with Crippen LogP contribution in [0.2, 0.25) is 0 Å². The van der Waals surface area contributed by atoms with Gasteiger partial charge in [0.15, 0.2) is 0 Å². The second-order valence-corrected chi connectivity index (χ2v) is 8.29. The molecule has 26 heavy (non-hydrogen) atoms. The first kappa shape index (κ1) is 19.6. The molecular formula is C21H34N2O3. The Kier molecular flexibility index (Phi) is 6.92. The molecule has 0 unspecified atom stereocenters. The van der Waals surface area contributed by atoms with Crippen molar-refractivity contribution in [2.75, 3.05) is 45.9 Å². The SMILES string of the molecule is CC1(C)CN(Cc2ccc(OC[C@H](O)CN3CCCCC3)cc2)CCO1. The number of morpholine rings is 1. The van der Waals surface area contributed by atoms with Crippen molar-refractivity contribution in [1.29, 1.82) is 0 Å². The maximum absolute atomic E-state index is 10.2. The molecule has 5 heteroatoms. The van der Waals surface area contributed by atoms with E-state index in [1.54, 1.807) is 0 Å². The Balaban J connectivity index is 1.41. The number of rotatable bonds is 7. The summed E-state index contributed by atoms with van der Waals surface area (Å²) in [5.41, 5.74) is 1.22. The van der Waals surface area contributed by atoms with Crippen LogP contribution in [0.5, 0.6) is 5.75 Å². The summed E-state index contributed by atoms with van der Waals surface area (Å²) in [6.45, 7) is 11.2. The van der Waals surface area contributed by atoms with E-state index in [0.717, 1.165) is 45.1 Å². The molecule has 0 bridgehead atoms. The Morgan fingerprint density at radius 3 is 2.50 bits per heavy atom. The highest BCUT2D eigenvalue weighted by Gasteiger charge is 2.26. The number of hydrogen-bond donors (Lipinski definition) is 1. The lowest BCUT2D eigenvalue weighted by atomic mass is 10.1. The van der Waals surface area contributed by atoms with Crippen LogP contribution in [0.3, 0.4) is 0 Å². The highest BCUT2D eigenvalue weighted by molar-refractivity contribution is 5.27. The summed E-state index contributed by atoms with van der Waals surface area (Å²) < 4.78 is 11.5. The van der Waals surface area contributed by atoms with Crippen molar-refractivity contribution in [3.63, 3.8) is 0 Å². The largest absolute Gasteiger partial charge is 0.491 e. The molecule has 146 valence electrons. The molecule has 0 amide bonds. The number of hydrogen-bond acceptors (Lipinski definition) is 5. The summed E-state index contributed by atoms with van der Waals surface area (Å²) in [4.78, 5) is 4.77. The first-order valence-corrected chi connectivity index (χ1v) is 9.99. The zero-order valence-electron chi connectivity index (χ0n) is 16.3. The first-order valence-electron chi connectivity index (χ1n) is 9.99. The number of aliphatic hydroxyl groups excluding tert-OH is 1.